The van der Waals surface area contributed by atoms with Crippen molar-refractivity contribution in [2.24, 2.45) is 0 Å². The highest BCUT2D eigenvalue weighted by atomic mass is 32.2. The van der Waals surface area contributed by atoms with E-state index in [1.807, 2.05) is 0 Å². The lowest BCUT2D eigenvalue weighted by molar-refractivity contribution is 0.0604. The fraction of sp³-hybridized carbons (Fsp3) is 0.538. The maximum Gasteiger partial charge on any atom is 0.245 e. The largest absolute Gasteiger partial charge is 0.398 e. The normalized spacial score (nSPS) is 18.6. The minimum Gasteiger partial charge on any atom is -0.398 e. The Morgan fingerprint density at radius 1 is 1.32 bits per heavy atom. The van der Waals surface area contributed by atoms with Crippen LogP contribution < -0.4 is 5.73 Å². The molecule has 1 fully saturated rings. The van der Waals surface area contributed by atoms with Gasteiger partial charge >= 0.3 is 0 Å². The summed E-state index contributed by atoms with van der Waals surface area (Å²) >= 11 is 0. The van der Waals surface area contributed by atoms with Gasteiger partial charge in [-0.1, -0.05) is 12.1 Å². The number of anilines is 1. The quantitative estimate of drug-likeness (QED) is 0.851. The Bertz CT molecular complexity index is 529. The van der Waals surface area contributed by atoms with Crippen molar-refractivity contribution in [1.29, 1.82) is 0 Å². The third-order valence-corrected chi connectivity index (χ3v) is 5.69. The first-order valence-electron chi connectivity index (χ1n) is 6.35. The number of ether oxygens (including phenoxy) is 1. The molecule has 1 aliphatic heterocycles. The second-order valence-electron chi connectivity index (χ2n) is 4.83. The van der Waals surface area contributed by atoms with Crippen LogP contribution in [0, 0.1) is 6.92 Å². The number of hydrogen-bond acceptors (Lipinski definition) is 4. The minimum atomic E-state index is -3.50. The van der Waals surface area contributed by atoms with E-state index in [4.69, 9.17) is 10.5 Å². The van der Waals surface area contributed by atoms with Gasteiger partial charge in [0.05, 0.1) is 11.8 Å². The van der Waals surface area contributed by atoms with Gasteiger partial charge in [-0.25, -0.2) is 8.42 Å². The van der Waals surface area contributed by atoms with Crippen molar-refractivity contribution in [2.45, 2.75) is 30.8 Å². The Balaban J connectivity index is 2.29. The Kier molecular flexibility index (Phi) is 4.13. The van der Waals surface area contributed by atoms with E-state index >= 15 is 0 Å². The standard InChI is InChI=1S/C13H20N2O3S/c1-10-4-3-5-12(14)13(10)19(16,17)15-8-6-11(18-2)7-9-15/h3-5,11H,6-9,14H2,1-2H3. The Morgan fingerprint density at radius 2 is 1.95 bits per heavy atom. The number of rotatable bonds is 3. The number of piperidine rings is 1. The molecule has 1 aliphatic rings. The number of hydrogen-bond donors (Lipinski definition) is 1. The summed E-state index contributed by atoms with van der Waals surface area (Å²) in [7, 11) is -1.84. The van der Waals surface area contributed by atoms with E-state index in [0.29, 0.717) is 24.3 Å². The van der Waals surface area contributed by atoms with Crippen molar-refractivity contribution >= 4 is 15.7 Å². The van der Waals surface area contributed by atoms with Gasteiger partial charge in [-0.2, -0.15) is 4.31 Å². The Labute approximate surface area is 114 Å². The summed E-state index contributed by atoms with van der Waals surface area (Å²) in [6, 6.07) is 5.16. The zero-order valence-corrected chi connectivity index (χ0v) is 12.1. The summed E-state index contributed by atoms with van der Waals surface area (Å²) in [5.41, 5.74) is 6.84. The molecule has 1 aromatic carbocycles. The van der Waals surface area contributed by atoms with Crippen molar-refractivity contribution in [3.63, 3.8) is 0 Å². The van der Waals surface area contributed by atoms with Crippen LogP contribution in [0.3, 0.4) is 0 Å². The lowest BCUT2D eigenvalue weighted by Crippen LogP contribution is -2.41. The maximum absolute atomic E-state index is 12.6. The van der Waals surface area contributed by atoms with Gasteiger partial charge in [0.1, 0.15) is 4.90 Å². The van der Waals surface area contributed by atoms with Crippen LogP contribution in [0.15, 0.2) is 23.1 Å². The number of sulfonamides is 1. The van der Waals surface area contributed by atoms with Crippen molar-refractivity contribution in [3.8, 4) is 0 Å². The predicted molar refractivity (Wildman–Crippen MR) is 74.4 cm³/mol. The van der Waals surface area contributed by atoms with Gasteiger partial charge in [0.2, 0.25) is 10.0 Å². The Morgan fingerprint density at radius 3 is 2.47 bits per heavy atom. The molecule has 0 unspecified atom stereocenters. The molecule has 0 bridgehead atoms. The molecule has 0 aliphatic carbocycles. The molecular weight excluding hydrogens is 264 g/mol. The SMILES string of the molecule is COC1CCN(S(=O)(=O)c2c(C)cccc2N)CC1. The number of nitrogen functional groups attached to an aromatic ring is 1. The first-order chi connectivity index (χ1) is 8.96. The van der Waals surface area contributed by atoms with Gasteiger partial charge in [0, 0.05) is 20.2 Å². The average Bonchev–Trinajstić information content (AvgIpc) is 2.38. The van der Waals surface area contributed by atoms with Crippen LogP contribution in [0.4, 0.5) is 5.69 Å². The highest BCUT2D eigenvalue weighted by molar-refractivity contribution is 7.89. The maximum atomic E-state index is 12.6. The highest BCUT2D eigenvalue weighted by Gasteiger charge is 2.31. The molecule has 0 amide bonds. The van der Waals surface area contributed by atoms with Crippen LogP contribution in [0.1, 0.15) is 18.4 Å². The average molecular weight is 284 g/mol. The molecular formula is C13H20N2O3S. The van der Waals surface area contributed by atoms with Gasteiger partial charge in [-0.05, 0) is 31.4 Å². The zero-order chi connectivity index (χ0) is 14.0. The summed E-state index contributed by atoms with van der Waals surface area (Å²) in [5, 5.41) is 0. The predicted octanol–water partition coefficient (Wildman–Crippen LogP) is 1.38. The number of aryl methyl sites for hydroxylation is 1. The van der Waals surface area contributed by atoms with Crippen molar-refractivity contribution in [3.05, 3.63) is 23.8 Å². The van der Waals surface area contributed by atoms with E-state index in [-0.39, 0.29) is 11.0 Å². The van der Waals surface area contributed by atoms with Crippen LogP contribution in [-0.2, 0) is 14.8 Å². The number of nitrogens with zero attached hydrogens (tertiary/aromatic N) is 1. The molecule has 0 aromatic heterocycles. The number of benzene rings is 1. The molecule has 0 spiro atoms. The molecule has 0 saturated carbocycles. The lowest BCUT2D eigenvalue weighted by Gasteiger charge is -2.31. The molecule has 1 aromatic rings. The zero-order valence-electron chi connectivity index (χ0n) is 11.3. The third-order valence-electron chi connectivity index (χ3n) is 3.57. The van der Waals surface area contributed by atoms with Crippen LogP contribution in [0.2, 0.25) is 0 Å². The highest BCUT2D eigenvalue weighted by Crippen LogP contribution is 2.28. The van der Waals surface area contributed by atoms with Gasteiger partial charge in [0.25, 0.3) is 0 Å². The van der Waals surface area contributed by atoms with E-state index in [1.54, 1.807) is 32.2 Å². The Hall–Kier alpha value is -1.11. The molecule has 2 N–H and O–H groups in total. The molecule has 106 valence electrons. The summed E-state index contributed by atoms with van der Waals surface area (Å²) in [6.07, 6.45) is 1.60. The minimum absolute atomic E-state index is 0.153. The fourth-order valence-electron chi connectivity index (χ4n) is 2.46. The van der Waals surface area contributed by atoms with E-state index < -0.39 is 10.0 Å². The monoisotopic (exact) mass is 284 g/mol. The van der Waals surface area contributed by atoms with Crippen LogP contribution in [-0.4, -0.2) is 39.0 Å². The van der Waals surface area contributed by atoms with Gasteiger partial charge in [-0.3, -0.25) is 0 Å². The second-order valence-corrected chi connectivity index (χ2v) is 6.71. The van der Waals surface area contributed by atoms with E-state index in [1.165, 1.54) is 4.31 Å². The molecule has 1 heterocycles. The lowest BCUT2D eigenvalue weighted by atomic mass is 10.1. The van der Waals surface area contributed by atoms with Crippen LogP contribution >= 0.6 is 0 Å². The third kappa shape index (κ3) is 2.75. The van der Waals surface area contributed by atoms with Gasteiger partial charge in [-0.15, -0.1) is 0 Å². The van der Waals surface area contributed by atoms with E-state index in [2.05, 4.69) is 0 Å². The van der Waals surface area contributed by atoms with Crippen molar-refractivity contribution in [1.82, 2.24) is 4.31 Å². The molecule has 1 saturated heterocycles. The molecule has 0 radical (unpaired) electrons. The molecule has 2 rings (SSSR count). The summed E-state index contributed by atoms with van der Waals surface area (Å²) < 4.78 is 32.0. The molecule has 6 heteroatoms. The second kappa shape index (κ2) is 5.48. The first-order valence-corrected chi connectivity index (χ1v) is 7.79. The van der Waals surface area contributed by atoms with E-state index in [0.717, 1.165) is 12.8 Å². The summed E-state index contributed by atoms with van der Waals surface area (Å²) in [6.45, 7) is 2.73. The number of nitrogens with two attached hydrogens (primary N) is 1. The van der Waals surface area contributed by atoms with Gasteiger partial charge < -0.3 is 10.5 Å². The van der Waals surface area contributed by atoms with E-state index in [9.17, 15) is 8.42 Å². The van der Waals surface area contributed by atoms with Crippen molar-refractivity contribution in [2.75, 3.05) is 25.9 Å². The first kappa shape index (κ1) is 14.3. The molecule has 5 nitrogen and oxygen atoms in total. The van der Waals surface area contributed by atoms with Gasteiger partial charge in [0.15, 0.2) is 0 Å². The van der Waals surface area contributed by atoms with Crippen LogP contribution in [0.5, 0.6) is 0 Å². The number of methoxy groups -OCH3 is 1. The van der Waals surface area contributed by atoms with Crippen molar-refractivity contribution < 1.29 is 13.2 Å². The topological polar surface area (TPSA) is 72.6 Å². The smallest absolute Gasteiger partial charge is 0.245 e. The summed E-state index contributed by atoms with van der Waals surface area (Å²) in [5.74, 6) is 0. The van der Waals surface area contributed by atoms with Crippen LogP contribution in [0.25, 0.3) is 0 Å². The molecule has 19 heavy (non-hydrogen) atoms. The summed E-state index contributed by atoms with van der Waals surface area (Å²) in [4.78, 5) is 0.242. The molecule has 0 atom stereocenters. The fourth-order valence-corrected chi connectivity index (χ4v) is 4.26.